The minimum absolute atomic E-state index is 0. The van der Waals surface area contributed by atoms with Crippen molar-refractivity contribution in [3.63, 3.8) is 0 Å². The number of hydrogen-bond acceptors (Lipinski definition) is 4. The van der Waals surface area contributed by atoms with Gasteiger partial charge in [-0.3, -0.25) is 9.69 Å². The van der Waals surface area contributed by atoms with E-state index in [0.717, 1.165) is 23.8 Å². The number of piperidine rings is 1. The molecule has 0 bridgehead atoms. The molecule has 2 N–H and O–H groups in total. The largest absolute Gasteiger partial charge is 0.480 e. The molecular weight excluding hydrogens is 730 g/mol. The first-order valence-electron chi connectivity index (χ1n) is 12.5. The molecule has 2 unspecified atom stereocenters. The van der Waals surface area contributed by atoms with E-state index in [2.05, 4.69) is 11.8 Å². The minimum atomic E-state index is -1.00. The Morgan fingerprint density at radius 2 is 1.51 bits per heavy atom. The second-order valence-electron chi connectivity index (χ2n) is 9.04. The number of aliphatic hydroxyl groups is 1. The van der Waals surface area contributed by atoms with Crippen molar-refractivity contribution in [2.45, 2.75) is 30.8 Å². The quantitative estimate of drug-likeness (QED) is 0.372. The Hall–Kier alpha value is -4.99. The smallest absolute Gasteiger partial charge is 0.326 e. The van der Waals surface area contributed by atoms with E-state index in [4.69, 9.17) is 5.11 Å². The van der Waals surface area contributed by atoms with Gasteiger partial charge in [0.2, 0.25) is 5.91 Å². The molecule has 39 heavy (non-hydrogen) atoms. The summed E-state index contributed by atoms with van der Waals surface area (Å²) in [5.74, 6) is 4.03. The third-order valence-corrected chi connectivity index (χ3v) is 6.68. The van der Waals surface area contributed by atoms with Crippen molar-refractivity contribution >= 4 is 11.9 Å². The van der Waals surface area contributed by atoms with Crippen LogP contribution in [0.4, 0.5) is 4.39 Å². The summed E-state index contributed by atoms with van der Waals surface area (Å²) in [6, 6.07) is 24.0. The summed E-state index contributed by atoms with van der Waals surface area (Å²) in [5.41, 5.74) is 2.41. The van der Waals surface area contributed by atoms with Crippen molar-refractivity contribution in [1.82, 2.24) is 9.80 Å². The van der Waals surface area contributed by atoms with Crippen LogP contribution in [0.2, 0.25) is 0 Å². The molecule has 1 aliphatic heterocycles. The average molecular weight is 764 g/mol. The van der Waals surface area contributed by atoms with Gasteiger partial charge in [-0.15, -0.1) is 0 Å². The first-order chi connectivity index (χ1) is 18.4. The topological polar surface area (TPSA) is 81.1 Å². The van der Waals surface area contributed by atoms with E-state index in [1.807, 2.05) is 72.6 Å². The second-order valence-corrected chi connectivity index (χ2v) is 9.04. The Balaban J connectivity index is 0.00000174. The molecule has 0 saturated carbocycles. The van der Waals surface area contributed by atoms with Crippen molar-refractivity contribution in [2.24, 2.45) is 0 Å². The van der Waals surface area contributed by atoms with Gasteiger partial charge < -0.3 is 15.1 Å². The van der Waals surface area contributed by atoms with Crippen molar-refractivity contribution in [3.05, 3.63) is 107 Å². The van der Waals surface area contributed by atoms with Gasteiger partial charge in [0.1, 0.15) is 11.9 Å². The number of benzene rings is 3. The third-order valence-electron chi connectivity index (χ3n) is 6.68. The van der Waals surface area contributed by atoms with Crippen LogP contribution in [-0.2, 0) is 9.59 Å². The molecule has 0 radical (unpaired) electrons. The summed E-state index contributed by atoms with van der Waals surface area (Å²) in [4.78, 5) is 29.7. The fourth-order valence-electron chi connectivity index (χ4n) is 4.71. The summed E-state index contributed by atoms with van der Waals surface area (Å²) >= 11 is 0. The van der Waals surface area contributed by atoms with Crippen LogP contribution in [0.15, 0.2) is 84.9 Å². The van der Waals surface area contributed by atoms with Crippen molar-refractivity contribution in [3.8, 4) is 11.8 Å². The number of carbonyl (C=O) groups excluding carboxylic acids is 1. The number of aliphatic hydroxyl groups excluding tert-OH is 1. The van der Waals surface area contributed by atoms with E-state index < -0.39 is 17.9 Å². The Labute approximate surface area is 223 Å². The molecule has 1 fully saturated rings. The van der Waals surface area contributed by atoms with Crippen LogP contribution in [0.3, 0.4) is 0 Å². The number of hydrogen-bond donors (Lipinski definition) is 2. The molecule has 2 atom stereocenters. The number of carboxylic acids is 1. The molecular formula is C31H33CmFN2O4. The van der Waals surface area contributed by atoms with Gasteiger partial charge in [0.05, 0.1) is 12.5 Å². The molecule has 1 heterocycles. The Morgan fingerprint density at radius 1 is 0.974 bits per heavy atom. The van der Waals surface area contributed by atoms with Crippen LogP contribution in [0, 0.1) is 17.7 Å². The van der Waals surface area contributed by atoms with Gasteiger partial charge in [-0.2, -0.15) is 0 Å². The summed E-state index contributed by atoms with van der Waals surface area (Å²) in [6.07, 6.45) is 0.979. The van der Waals surface area contributed by atoms with Gasteiger partial charge in [-0.1, -0.05) is 72.5 Å². The van der Waals surface area contributed by atoms with Gasteiger partial charge in [0.15, 0.2) is 0 Å². The van der Waals surface area contributed by atoms with Crippen LogP contribution < -0.4 is 0 Å². The summed E-state index contributed by atoms with van der Waals surface area (Å²) in [7, 11) is 2.91. The van der Waals surface area contributed by atoms with Crippen molar-refractivity contribution < 1.29 is 24.2 Å². The summed E-state index contributed by atoms with van der Waals surface area (Å²) in [6.45, 7) is 0.797. The molecule has 3 aromatic rings. The van der Waals surface area contributed by atoms with Crippen LogP contribution >= 0.6 is 0 Å². The fourth-order valence-corrected chi connectivity index (χ4v) is 4.71. The standard InChI is InChI=1S/C30H29FN2O3.CH4O.Cm/c1-32(19-8-9-22-14-16-25(31)17-15-22)26-18-20-33(27(21-26)30(35)36)29(34)28(23-10-4-2-5-11-23)24-12-6-3-7-13-24;1-2;/h2-7,10-17,26-28H,18-21H2,1H3,(H,35,36);2H,1H3;. The summed E-state index contributed by atoms with van der Waals surface area (Å²) in [5, 5.41) is 17.1. The van der Waals surface area contributed by atoms with E-state index in [0.29, 0.717) is 25.9 Å². The average Bonchev–Trinajstić information content (AvgIpc) is 2.96. The summed E-state index contributed by atoms with van der Waals surface area (Å²) < 4.78 is 13.1. The molecule has 0 spiro atoms. The molecule has 1 amide bonds. The van der Waals surface area contributed by atoms with Crippen molar-refractivity contribution in [2.75, 3.05) is 27.2 Å². The predicted octanol–water partition coefficient (Wildman–Crippen LogP) is 3.99. The number of carboxylic acid groups (broad SMARTS) is 1. The molecule has 1 saturated heterocycles. The Kier molecular flexibility index (Phi) is 11.4. The first kappa shape index (κ1) is 30.2. The molecule has 0 aliphatic carbocycles. The van der Waals surface area contributed by atoms with Crippen molar-refractivity contribution in [1.29, 1.82) is 0 Å². The first-order valence-corrected chi connectivity index (χ1v) is 12.5. The number of aliphatic carboxylic acids is 1. The van der Waals surface area contributed by atoms with Crippen LogP contribution in [0.1, 0.15) is 35.4 Å². The molecule has 3 aromatic carbocycles. The number of amides is 1. The Bertz CT molecular complexity index is 1210. The monoisotopic (exact) mass is 759 g/mol. The molecule has 206 valence electrons. The van der Waals surface area contributed by atoms with E-state index in [-0.39, 0.29) is 17.8 Å². The van der Waals surface area contributed by atoms with E-state index in [1.165, 1.54) is 17.0 Å². The van der Waals surface area contributed by atoms with Gasteiger partial charge in [-0.25, -0.2) is 9.18 Å². The molecule has 4 rings (SSSR count). The maximum atomic E-state index is 13.8. The third kappa shape index (κ3) is 7.75. The van der Waals surface area contributed by atoms with Gasteiger partial charge >= 0.3 is 5.97 Å². The number of halogens is 1. The normalized spacial score (nSPS) is 16.3. The van der Waals surface area contributed by atoms with Crippen LogP contribution in [-0.4, -0.2) is 71.2 Å². The molecule has 1 aliphatic rings. The second kappa shape index (κ2) is 14.7. The van der Waals surface area contributed by atoms with Gasteiger partial charge in [0.25, 0.3) is 0 Å². The van der Waals surface area contributed by atoms with Crippen LogP contribution in [0.25, 0.3) is 0 Å². The zero-order valence-electron chi connectivity index (χ0n) is 22.0. The molecule has 8 heteroatoms. The zero-order chi connectivity index (χ0) is 27.5. The SMILES string of the molecule is CN(CC#Cc1ccc(F)cc1)C1CCN(C(=O)C(c2ccccc2)c2ccccc2)C(C(=O)O)C1.CO.[Cm]. The van der Waals surface area contributed by atoms with E-state index in [9.17, 15) is 19.1 Å². The van der Waals surface area contributed by atoms with Gasteiger partial charge in [-0.05, 0) is 55.3 Å². The van der Waals surface area contributed by atoms with E-state index in [1.54, 1.807) is 12.1 Å². The zero-order valence-corrected chi connectivity index (χ0v) is 24.9. The maximum Gasteiger partial charge on any atom is 0.326 e. The number of carbonyl (C=O) groups is 2. The predicted molar refractivity (Wildman–Crippen MR) is 145 cm³/mol. The number of rotatable bonds is 6. The minimum Gasteiger partial charge on any atom is -0.480 e. The number of nitrogens with zero attached hydrogens (tertiary/aromatic N) is 2. The number of likely N-dealkylation sites (tertiary alicyclic amines) is 1. The molecule has 0 aromatic heterocycles. The van der Waals surface area contributed by atoms with Crippen LogP contribution in [0.5, 0.6) is 0 Å². The maximum absolute atomic E-state index is 13.8. The molecule has 6 nitrogen and oxygen atoms in total. The fraction of sp³-hybridized carbons (Fsp3) is 0.290. The van der Waals surface area contributed by atoms with Gasteiger partial charge in [0, 0.05) is 25.3 Å². The Morgan fingerprint density at radius 3 is 2.03 bits per heavy atom. The van der Waals surface area contributed by atoms with E-state index >= 15 is 0 Å².